The van der Waals surface area contributed by atoms with E-state index in [9.17, 15) is 13.2 Å². The highest BCUT2D eigenvalue weighted by molar-refractivity contribution is 7.86. The van der Waals surface area contributed by atoms with Crippen LogP contribution in [0.15, 0.2) is 66.2 Å². The number of Topliss-reactive ketones (excluding diaryl/α,β-unsaturated/α-hetero) is 1. The van der Waals surface area contributed by atoms with Crippen molar-refractivity contribution < 1.29 is 23.5 Å². The van der Waals surface area contributed by atoms with Gasteiger partial charge in [-0.05, 0) is 12.5 Å². The van der Waals surface area contributed by atoms with Crippen LogP contribution >= 0.6 is 0 Å². The van der Waals surface area contributed by atoms with E-state index in [0.29, 0.717) is 5.56 Å². The molecule has 0 amide bonds. The fourth-order valence-corrected chi connectivity index (χ4v) is 3.40. The van der Waals surface area contributed by atoms with Crippen LogP contribution in [0.5, 0.6) is 0 Å². The van der Waals surface area contributed by atoms with E-state index in [1.165, 1.54) is 0 Å². The van der Waals surface area contributed by atoms with Gasteiger partial charge in [-0.15, -0.1) is 0 Å². The molecule has 1 aliphatic heterocycles. The molecule has 0 saturated heterocycles. The van der Waals surface area contributed by atoms with Crippen LogP contribution in [-0.4, -0.2) is 14.2 Å². The summed E-state index contributed by atoms with van der Waals surface area (Å²) < 4.78 is 42.9. The molecule has 0 aliphatic carbocycles. The molecule has 0 bridgehead atoms. The number of nitrogens with two attached hydrogens (primary N) is 1. The highest BCUT2D eigenvalue weighted by atomic mass is 32.2. The van der Waals surface area contributed by atoms with Crippen molar-refractivity contribution in [3.8, 4) is 0 Å². The number of rotatable bonds is 5. The zero-order chi connectivity index (χ0) is 18.9. The molecule has 1 atom stereocenters. The van der Waals surface area contributed by atoms with Crippen molar-refractivity contribution in [3.63, 3.8) is 0 Å². The largest absolute Gasteiger partial charge is 0.460 e. The molecule has 25 heavy (non-hydrogen) atoms. The van der Waals surface area contributed by atoms with E-state index in [0.717, 1.165) is 5.56 Å². The molecule has 0 unspecified atom stereocenters. The van der Waals surface area contributed by atoms with Gasteiger partial charge >= 0.3 is 10.1 Å². The molecule has 2 aromatic rings. The molecular weight excluding hydrogens is 342 g/mol. The van der Waals surface area contributed by atoms with Gasteiger partial charge in [-0.1, -0.05) is 60.2 Å². The van der Waals surface area contributed by atoms with Crippen molar-refractivity contribution >= 4 is 15.9 Å². The standard InChI is InChI=1S/C18H17NO5S/c1-12-7-9-14(10-8-12)16-15(20)17(18(19)23-16)24-25(21,22)11-13-5-3-2-4-6-13/h2-10,16H,11,19H2,1H3/t16-/m1/s1/i16D. The van der Waals surface area contributed by atoms with Crippen molar-refractivity contribution in [1.29, 1.82) is 0 Å². The Hall–Kier alpha value is -2.80. The molecule has 0 fully saturated rings. The maximum atomic E-state index is 12.6. The lowest BCUT2D eigenvalue weighted by Crippen LogP contribution is -2.16. The zero-order valence-electron chi connectivity index (χ0n) is 14.4. The van der Waals surface area contributed by atoms with Crippen molar-refractivity contribution in [3.05, 3.63) is 82.9 Å². The summed E-state index contributed by atoms with van der Waals surface area (Å²) in [5.74, 6) is -2.60. The molecule has 1 aliphatic rings. The van der Waals surface area contributed by atoms with Crippen LogP contribution in [-0.2, 0) is 29.6 Å². The Balaban J connectivity index is 1.83. The van der Waals surface area contributed by atoms with E-state index in [1.54, 1.807) is 54.6 Å². The van der Waals surface area contributed by atoms with Crippen LogP contribution in [0.2, 0.25) is 0 Å². The van der Waals surface area contributed by atoms with E-state index in [2.05, 4.69) is 0 Å². The van der Waals surface area contributed by atoms with Gasteiger partial charge < -0.3 is 14.7 Å². The number of hydrogen-bond acceptors (Lipinski definition) is 6. The van der Waals surface area contributed by atoms with Crippen molar-refractivity contribution in [2.45, 2.75) is 18.8 Å². The Kier molecular flexibility index (Phi) is 4.15. The zero-order valence-corrected chi connectivity index (χ0v) is 14.2. The van der Waals surface area contributed by atoms with Crippen LogP contribution in [0.1, 0.15) is 24.1 Å². The smallest absolute Gasteiger partial charge is 0.313 e. The third-order valence-electron chi connectivity index (χ3n) is 3.56. The number of aryl methyl sites for hydroxylation is 1. The average Bonchev–Trinajstić information content (AvgIpc) is 2.80. The third-order valence-corrected chi connectivity index (χ3v) is 4.67. The second-order valence-electron chi connectivity index (χ2n) is 5.59. The average molecular weight is 360 g/mol. The van der Waals surface area contributed by atoms with Crippen molar-refractivity contribution in [2.24, 2.45) is 5.73 Å². The van der Waals surface area contributed by atoms with Gasteiger partial charge in [0.25, 0.3) is 0 Å². The van der Waals surface area contributed by atoms with Crippen molar-refractivity contribution in [1.82, 2.24) is 0 Å². The molecule has 0 aromatic heterocycles. The molecule has 6 nitrogen and oxygen atoms in total. The van der Waals surface area contributed by atoms with Gasteiger partial charge in [0.1, 0.15) is 5.75 Å². The second-order valence-corrected chi connectivity index (χ2v) is 7.16. The molecule has 0 saturated carbocycles. The monoisotopic (exact) mass is 360 g/mol. The molecular formula is C18H17NO5S. The number of benzene rings is 2. The van der Waals surface area contributed by atoms with E-state index in [-0.39, 0.29) is 5.56 Å². The highest BCUT2D eigenvalue weighted by Crippen LogP contribution is 2.32. The lowest BCUT2D eigenvalue weighted by Gasteiger charge is -2.10. The lowest BCUT2D eigenvalue weighted by molar-refractivity contribution is -0.123. The SMILES string of the molecule is [2H][C@]1(c2ccc(C)cc2)OC(N)=C(OS(=O)(=O)Cc2ccccc2)C1=O. The van der Waals surface area contributed by atoms with Gasteiger partial charge in [-0.25, -0.2) is 0 Å². The van der Waals surface area contributed by atoms with Crippen LogP contribution in [0, 0.1) is 6.92 Å². The summed E-state index contributed by atoms with van der Waals surface area (Å²) in [7, 11) is -4.15. The van der Waals surface area contributed by atoms with E-state index in [4.69, 9.17) is 16.0 Å². The quantitative estimate of drug-likeness (QED) is 0.822. The number of hydrogen-bond donors (Lipinski definition) is 1. The first kappa shape index (κ1) is 15.7. The summed E-state index contributed by atoms with van der Waals surface area (Å²) in [5.41, 5.74) is 7.30. The minimum atomic E-state index is -4.15. The number of carbonyl (C=O) groups excluding carboxylic acids is 1. The number of ketones is 1. The normalized spacial score (nSPS) is 21.0. The molecule has 1 heterocycles. The Morgan fingerprint density at radius 3 is 2.44 bits per heavy atom. The molecule has 3 rings (SSSR count). The molecule has 0 spiro atoms. The summed E-state index contributed by atoms with van der Waals surface area (Å²) in [6.45, 7) is 1.86. The highest BCUT2D eigenvalue weighted by Gasteiger charge is 2.39. The van der Waals surface area contributed by atoms with Crippen LogP contribution < -0.4 is 5.73 Å². The fourth-order valence-electron chi connectivity index (χ4n) is 2.33. The number of ether oxygens (including phenoxy) is 1. The Morgan fingerprint density at radius 2 is 1.80 bits per heavy atom. The van der Waals surface area contributed by atoms with Gasteiger partial charge in [-0.3, -0.25) is 4.79 Å². The van der Waals surface area contributed by atoms with Gasteiger partial charge in [0.05, 0.1) is 1.37 Å². The van der Waals surface area contributed by atoms with Crippen LogP contribution in [0.3, 0.4) is 0 Å². The first-order valence-electron chi connectivity index (χ1n) is 7.98. The Bertz CT molecular complexity index is 970. The molecule has 7 heteroatoms. The molecule has 0 radical (unpaired) electrons. The fraction of sp³-hybridized carbons (Fsp3) is 0.167. The summed E-state index contributed by atoms with van der Waals surface area (Å²) in [6, 6.07) is 14.9. The summed E-state index contributed by atoms with van der Waals surface area (Å²) >= 11 is 0. The van der Waals surface area contributed by atoms with E-state index >= 15 is 0 Å². The second kappa shape index (κ2) is 6.60. The summed E-state index contributed by atoms with van der Waals surface area (Å²) in [4.78, 5) is 12.6. The summed E-state index contributed by atoms with van der Waals surface area (Å²) in [5, 5.41) is 0. The van der Waals surface area contributed by atoms with E-state index < -0.39 is 39.4 Å². The Labute approximate surface area is 147 Å². The minimum absolute atomic E-state index is 0.232. The van der Waals surface area contributed by atoms with Gasteiger partial charge in [0.2, 0.25) is 17.4 Å². The topological polar surface area (TPSA) is 95.7 Å². The van der Waals surface area contributed by atoms with Gasteiger partial charge in [0, 0.05) is 5.56 Å². The minimum Gasteiger partial charge on any atom is -0.460 e. The lowest BCUT2D eigenvalue weighted by atomic mass is 10.0. The maximum absolute atomic E-state index is 12.6. The molecule has 130 valence electrons. The van der Waals surface area contributed by atoms with Crippen LogP contribution in [0.4, 0.5) is 0 Å². The first-order chi connectivity index (χ1) is 12.2. The first-order valence-corrected chi connectivity index (χ1v) is 9.06. The maximum Gasteiger partial charge on any atom is 0.313 e. The third kappa shape index (κ3) is 3.83. The van der Waals surface area contributed by atoms with Crippen molar-refractivity contribution in [2.75, 3.05) is 0 Å². The van der Waals surface area contributed by atoms with Gasteiger partial charge in [-0.2, -0.15) is 8.42 Å². The predicted octanol–water partition coefficient (Wildman–Crippen LogP) is 2.31. The molecule has 2 N–H and O–H groups in total. The van der Waals surface area contributed by atoms with Crippen LogP contribution in [0.25, 0.3) is 0 Å². The summed E-state index contributed by atoms with van der Waals surface area (Å²) in [6.07, 6.45) is -2.17. The predicted molar refractivity (Wildman–Crippen MR) is 91.4 cm³/mol. The molecule has 2 aromatic carbocycles. The number of carbonyl (C=O) groups is 1. The van der Waals surface area contributed by atoms with E-state index in [1.807, 2.05) is 6.92 Å². The Morgan fingerprint density at radius 1 is 1.16 bits per heavy atom. The van der Waals surface area contributed by atoms with Gasteiger partial charge in [0.15, 0.2) is 6.08 Å².